The summed E-state index contributed by atoms with van der Waals surface area (Å²) in [5.74, 6) is -1.27. The molecule has 0 radical (unpaired) electrons. The molecule has 0 amide bonds. The van der Waals surface area contributed by atoms with Gasteiger partial charge in [0.2, 0.25) is 0 Å². The molecule has 17 nitrogen and oxygen atoms in total. The van der Waals surface area contributed by atoms with Gasteiger partial charge in [-0.25, -0.2) is 9.13 Å². The van der Waals surface area contributed by atoms with Crippen LogP contribution < -0.4 is 0 Å². The third kappa shape index (κ3) is 61.3. The van der Waals surface area contributed by atoms with Crippen LogP contribution in [0.1, 0.15) is 349 Å². The number of phosphoric ester groups is 2. The second-order valence-electron chi connectivity index (χ2n) is 24.8. The van der Waals surface area contributed by atoms with Crippen molar-refractivity contribution in [3.8, 4) is 0 Å². The topological polar surface area (TPSA) is 237 Å². The van der Waals surface area contributed by atoms with E-state index in [1.165, 1.54) is 167 Å². The van der Waals surface area contributed by atoms with E-state index in [2.05, 4.69) is 34.6 Å². The Morgan fingerprint density at radius 2 is 0.552 bits per heavy atom. The van der Waals surface area contributed by atoms with Crippen molar-refractivity contribution in [2.24, 2.45) is 5.92 Å². The molecular weight excluding hydrogens is 1150 g/mol. The monoisotopic (exact) mass is 1280 g/mol. The lowest BCUT2D eigenvalue weighted by atomic mass is 9.99. The molecule has 0 heterocycles. The Morgan fingerprint density at radius 3 is 0.816 bits per heavy atom. The summed E-state index contributed by atoms with van der Waals surface area (Å²) in [6, 6.07) is 0. The highest BCUT2D eigenvalue weighted by atomic mass is 31.2. The smallest absolute Gasteiger partial charge is 0.462 e. The largest absolute Gasteiger partial charge is 0.472 e. The molecule has 516 valence electrons. The van der Waals surface area contributed by atoms with E-state index in [0.29, 0.717) is 25.7 Å². The van der Waals surface area contributed by atoms with Crippen molar-refractivity contribution >= 4 is 39.5 Å². The van der Waals surface area contributed by atoms with Crippen LogP contribution in [0.4, 0.5) is 0 Å². The Kier molecular flexibility index (Phi) is 60.2. The average molecular weight is 1280 g/mol. The first-order chi connectivity index (χ1) is 42.1. The maximum atomic E-state index is 13.0. The highest BCUT2D eigenvalue weighted by molar-refractivity contribution is 7.47. The van der Waals surface area contributed by atoms with Crippen LogP contribution in [0, 0.1) is 5.92 Å². The van der Waals surface area contributed by atoms with Crippen molar-refractivity contribution in [3.63, 3.8) is 0 Å². The lowest BCUT2D eigenvalue weighted by Gasteiger charge is -2.21. The van der Waals surface area contributed by atoms with E-state index in [1.807, 2.05) is 0 Å². The Morgan fingerprint density at radius 1 is 0.322 bits per heavy atom. The van der Waals surface area contributed by atoms with Crippen molar-refractivity contribution in [1.29, 1.82) is 0 Å². The summed E-state index contributed by atoms with van der Waals surface area (Å²) >= 11 is 0. The van der Waals surface area contributed by atoms with E-state index in [1.54, 1.807) is 0 Å². The van der Waals surface area contributed by atoms with Crippen LogP contribution in [0.2, 0.25) is 0 Å². The second-order valence-corrected chi connectivity index (χ2v) is 27.7. The standard InChI is InChI=1S/C68H132O17P2/c1-6-10-13-16-18-20-29-34-37-42-47-52-66(71)79-58-64(85-68(73)54-49-44-39-35-31-28-26-24-22-21-23-25-27-30-33-36-41-45-50-61(5)9-4)60-83-87(76,77)81-56-62(69)55-80-86(74,75)82-59-63(57-78-65(70)51-46-40-15-12-8-3)84-67(72)53-48-43-38-32-19-17-14-11-7-2/h61-64,69H,6-60H2,1-5H3,(H,74,75)(H,76,77)/t61?,62-,63+,64+/m0/s1. The fourth-order valence-electron chi connectivity index (χ4n) is 10.3. The van der Waals surface area contributed by atoms with Crippen LogP contribution in [0.5, 0.6) is 0 Å². The third-order valence-electron chi connectivity index (χ3n) is 16.1. The van der Waals surface area contributed by atoms with Crippen LogP contribution in [-0.4, -0.2) is 96.7 Å². The maximum Gasteiger partial charge on any atom is 0.472 e. The Balaban J connectivity index is 5.06. The number of ether oxygens (including phenoxy) is 4. The summed E-state index contributed by atoms with van der Waals surface area (Å²) in [7, 11) is -9.88. The van der Waals surface area contributed by atoms with Crippen LogP contribution in [-0.2, 0) is 65.4 Å². The molecule has 0 aromatic heterocycles. The highest BCUT2D eigenvalue weighted by Gasteiger charge is 2.30. The van der Waals surface area contributed by atoms with Gasteiger partial charge in [0.25, 0.3) is 0 Å². The average Bonchev–Trinajstić information content (AvgIpc) is 3.66. The predicted molar refractivity (Wildman–Crippen MR) is 349 cm³/mol. The Labute approximate surface area is 530 Å². The lowest BCUT2D eigenvalue weighted by molar-refractivity contribution is -0.161. The van der Waals surface area contributed by atoms with Crippen molar-refractivity contribution < 1.29 is 80.2 Å². The van der Waals surface area contributed by atoms with Crippen molar-refractivity contribution in [2.45, 2.75) is 368 Å². The van der Waals surface area contributed by atoms with Gasteiger partial charge in [-0.3, -0.25) is 37.3 Å². The first-order valence-electron chi connectivity index (χ1n) is 35.7. The minimum Gasteiger partial charge on any atom is -0.462 e. The molecule has 0 saturated heterocycles. The highest BCUT2D eigenvalue weighted by Crippen LogP contribution is 2.45. The molecule has 0 aliphatic carbocycles. The van der Waals surface area contributed by atoms with Crippen LogP contribution in [0.25, 0.3) is 0 Å². The van der Waals surface area contributed by atoms with Crippen molar-refractivity contribution in [3.05, 3.63) is 0 Å². The molecule has 0 aliphatic heterocycles. The first-order valence-corrected chi connectivity index (χ1v) is 38.7. The molecule has 0 rings (SSSR count). The number of aliphatic hydroxyl groups is 1. The minimum atomic E-state index is -4.95. The van der Waals surface area contributed by atoms with Gasteiger partial charge in [-0.05, 0) is 31.6 Å². The first kappa shape index (κ1) is 85.1. The number of carbonyl (C=O) groups is 4. The zero-order valence-corrected chi connectivity index (χ0v) is 57.9. The van der Waals surface area contributed by atoms with Gasteiger partial charge in [-0.15, -0.1) is 0 Å². The van der Waals surface area contributed by atoms with Gasteiger partial charge in [0.15, 0.2) is 12.2 Å². The van der Waals surface area contributed by atoms with Gasteiger partial charge in [0, 0.05) is 25.7 Å². The minimum absolute atomic E-state index is 0.105. The fraction of sp³-hybridized carbons (Fsp3) is 0.941. The summed E-state index contributed by atoms with van der Waals surface area (Å²) in [6.45, 7) is 7.18. The molecule has 0 aliphatic rings. The van der Waals surface area contributed by atoms with E-state index >= 15 is 0 Å². The Hall–Kier alpha value is -1.94. The summed E-state index contributed by atoms with van der Waals surface area (Å²) in [4.78, 5) is 72.0. The summed E-state index contributed by atoms with van der Waals surface area (Å²) < 4.78 is 67.9. The molecule has 0 spiro atoms. The zero-order chi connectivity index (χ0) is 64.2. The molecule has 0 fully saturated rings. The number of rotatable bonds is 68. The van der Waals surface area contributed by atoms with E-state index in [4.69, 9.17) is 37.0 Å². The number of hydrogen-bond acceptors (Lipinski definition) is 15. The summed E-state index contributed by atoms with van der Waals surface area (Å²) in [6.07, 6.45) is 47.7. The van der Waals surface area contributed by atoms with Gasteiger partial charge >= 0.3 is 39.5 Å². The molecule has 87 heavy (non-hydrogen) atoms. The van der Waals surface area contributed by atoms with E-state index < -0.39 is 97.5 Å². The molecular formula is C68H132O17P2. The molecule has 0 aromatic carbocycles. The number of aliphatic hydroxyl groups excluding tert-OH is 1. The lowest BCUT2D eigenvalue weighted by Crippen LogP contribution is -2.30. The third-order valence-corrected chi connectivity index (χ3v) is 18.0. The SMILES string of the molecule is CCCCCCCCCCCCCC(=O)OC[C@H](COP(=O)(O)OC[C@@H](O)COP(=O)(O)OC[C@@H](COC(=O)CCCCCCC)OC(=O)CCCCCCCCCCC)OC(=O)CCCCCCCCCCCCCCCCCCCCC(C)CC. The van der Waals surface area contributed by atoms with Crippen LogP contribution in [0.3, 0.4) is 0 Å². The van der Waals surface area contributed by atoms with Crippen molar-refractivity contribution in [1.82, 2.24) is 0 Å². The van der Waals surface area contributed by atoms with Gasteiger partial charge in [-0.1, -0.05) is 298 Å². The number of hydrogen-bond donors (Lipinski definition) is 3. The predicted octanol–water partition coefficient (Wildman–Crippen LogP) is 19.4. The molecule has 6 atom stereocenters. The number of unbranched alkanes of at least 4 members (excludes halogenated alkanes) is 39. The van der Waals surface area contributed by atoms with Gasteiger partial charge in [-0.2, -0.15) is 0 Å². The molecule has 0 saturated carbocycles. The molecule has 3 unspecified atom stereocenters. The normalized spacial score (nSPS) is 14.4. The quantitative estimate of drug-likeness (QED) is 0.0222. The molecule has 3 N–H and O–H groups in total. The van der Waals surface area contributed by atoms with Gasteiger partial charge in [0.1, 0.15) is 19.3 Å². The second kappa shape index (κ2) is 61.6. The molecule has 0 bridgehead atoms. The number of carbonyl (C=O) groups excluding carboxylic acids is 4. The van der Waals surface area contributed by atoms with E-state index in [-0.39, 0.29) is 25.7 Å². The summed E-state index contributed by atoms with van der Waals surface area (Å²) in [5.41, 5.74) is 0. The maximum absolute atomic E-state index is 13.0. The number of esters is 4. The fourth-order valence-corrected chi connectivity index (χ4v) is 11.8. The van der Waals surface area contributed by atoms with Gasteiger partial charge in [0.05, 0.1) is 26.4 Å². The van der Waals surface area contributed by atoms with Gasteiger partial charge < -0.3 is 33.8 Å². The van der Waals surface area contributed by atoms with Crippen LogP contribution in [0.15, 0.2) is 0 Å². The zero-order valence-electron chi connectivity index (χ0n) is 56.2. The van der Waals surface area contributed by atoms with E-state index in [0.717, 1.165) is 102 Å². The Bertz CT molecular complexity index is 1690. The van der Waals surface area contributed by atoms with Crippen molar-refractivity contribution in [2.75, 3.05) is 39.6 Å². The molecule has 0 aromatic rings. The molecule has 19 heteroatoms. The van der Waals surface area contributed by atoms with E-state index in [9.17, 15) is 43.2 Å². The van der Waals surface area contributed by atoms with Crippen LogP contribution >= 0.6 is 15.6 Å². The number of phosphoric acid groups is 2. The summed E-state index contributed by atoms with van der Waals surface area (Å²) in [5, 5.41) is 10.5.